The fourth-order valence-electron chi connectivity index (χ4n) is 2.00. The zero-order chi connectivity index (χ0) is 11.4. The van der Waals surface area contributed by atoms with Gasteiger partial charge in [0, 0.05) is 46.3 Å². The molecule has 17 heavy (non-hydrogen) atoms. The highest BCUT2D eigenvalue weighted by Crippen LogP contribution is 2.07. The van der Waals surface area contributed by atoms with Crippen LogP contribution in [-0.2, 0) is 9.53 Å². The molecule has 1 amide bonds. The van der Waals surface area contributed by atoms with Gasteiger partial charge in [0.05, 0.1) is 19.1 Å². The van der Waals surface area contributed by atoms with Gasteiger partial charge in [-0.1, -0.05) is 0 Å². The van der Waals surface area contributed by atoms with E-state index < -0.39 is 0 Å². The number of morpholine rings is 1. The Kier molecular flexibility index (Phi) is 6.19. The monoisotopic (exact) mass is 263 g/mol. The minimum Gasteiger partial charge on any atom is -0.379 e. The van der Waals surface area contributed by atoms with E-state index in [-0.39, 0.29) is 24.2 Å². The van der Waals surface area contributed by atoms with Crippen molar-refractivity contribution in [2.45, 2.75) is 0 Å². The van der Waals surface area contributed by atoms with Crippen LogP contribution in [0.5, 0.6) is 0 Å². The molecule has 0 spiro atoms. The number of ether oxygens (including phenoxy) is 1. The molecule has 2 fully saturated rings. The van der Waals surface area contributed by atoms with E-state index in [1.165, 1.54) is 0 Å². The molecule has 2 rings (SSSR count). The van der Waals surface area contributed by atoms with Crippen LogP contribution in [0.2, 0.25) is 0 Å². The molecule has 2 heterocycles. The minimum absolute atomic E-state index is 0. The summed E-state index contributed by atoms with van der Waals surface area (Å²) in [5.41, 5.74) is 0. The quantitative estimate of drug-likeness (QED) is 0.737. The summed E-state index contributed by atoms with van der Waals surface area (Å²) < 4.78 is 5.29. The first-order chi connectivity index (χ1) is 7.77. The number of nitrogens with zero attached hydrogens (tertiary/aromatic N) is 2. The van der Waals surface area contributed by atoms with Crippen LogP contribution in [0.25, 0.3) is 0 Å². The van der Waals surface area contributed by atoms with Crippen molar-refractivity contribution in [3.63, 3.8) is 0 Å². The van der Waals surface area contributed by atoms with Crippen LogP contribution in [0, 0.1) is 5.92 Å². The molecule has 0 aliphatic carbocycles. The van der Waals surface area contributed by atoms with Gasteiger partial charge >= 0.3 is 0 Å². The Bertz CT molecular complexity index is 243. The van der Waals surface area contributed by atoms with Gasteiger partial charge in [-0.15, -0.1) is 12.4 Å². The Morgan fingerprint density at radius 2 is 2.06 bits per heavy atom. The molecule has 0 atom stereocenters. The standard InChI is InChI=1S/C11H21N3O2.ClH/c1-13(11(15)10-8-12-9-10)2-3-14-4-6-16-7-5-14;/h10,12H,2-9H2,1H3;1H. The molecule has 2 aliphatic heterocycles. The number of hydrogen-bond donors (Lipinski definition) is 1. The van der Waals surface area contributed by atoms with E-state index in [1.807, 2.05) is 11.9 Å². The lowest BCUT2D eigenvalue weighted by Crippen LogP contribution is -2.52. The fraction of sp³-hybridized carbons (Fsp3) is 0.909. The van der Waals surface area contributed by atoms with Crippen LogP contribution in [0.4, 0.5) is 0 Å². The molecule has 0 radical (unpaired) electrons. The molecule has 0 aromatic heterocycles. The highest BCUT2D eigenvalue weighted by molar-refractivity contribution is 5.85. The van der Waals surface area contributed by atoms with Crippen LogP contribution in [0.15, 0.2) is 0 Å². The largest absolute Gasteiger partial charge is 0.379 e. The summed E-state index contributed by atoms with van der Waals surface area (Å²) in [6, 6.07) is 0. The van der Waals surface area contributed by atoms with Crippen molar-refractivity contribution in [1.82, 2.24) is 15.1 Å². The van der Waals surface area contributed by atoms with Crippen LogP contribution in [0.3, 0.4) is 0 Å². The summed E-state index contributed by atoms with van der Waals surface area (Å²) in [6.45, 7) is 7.12. The van der Waals surface area contributed by atoms with Crippen molar-refractivity contribution >= 4 is 18.3 Å². The molecule has 1 N–H and O–H groups in total. The van der Waals surface area contributed by atoms with E-state index in [2.05, 4.69) is 10.2 Å². The lowest BCUT2D eigenvalue weighted by Gasteiger charge is -2.32. The van der Waals surface area contributed by atoms with Gasteiger partial charge in [0.1, 0.15) is 0 Å². The van der Waals surface area contributed by atoms with Gasteiger partial charge < -0.3 is 15.0 Å². The van der Waals surface area contributed by atoms with Crippen molar-refractivity contribution in [3.8, 4) is 0 Å². The number of carbonyl (C=O) groups excluding carboxylic acids is 1. The van der Waals surface area contributed by atoms with Gasteiger partial charge in [-0.3, -0.25) is 9.69 Å². The number of halogens is 1. The Morgan fingerprint density at radius 1 is 1.41 bits per heavy atom. The van der Waals surface area contributed by atoms with Gasteiger partial charge in [0.25, 0.3) is 0 Å². The molecular weight excluding hydrogens is 242 g/mol. The number of likely N-dealkylation sites (N-methyl/N-ethyl adjacent to an activating group) is 1. The molecule has 5 nitrogen and oxygen atoms in total. The third-order valence-corrected chi connectivity index (χ3v) is 3.36. The van der Waals surface area contributed by atoms with Crippen molar-refractivity contribution in [3.05, 3.63) is 0 Å². The van der Waals surface area contributed by atoms with Crippen LogP contribution >= 0.6 is 12.4 Å². The van der Waals surface area contributed by atoms with Gasteiger partial charge in [0.2, 0.25) is 5.91 Å². The van der Waals surface area contributed by atoms with Crippen LogP contribution < -0.4 is 5.32 Å². The third-order valence-electron chi connectivity index (χ3n) is 3.36. The van der Waals surface area contributed by atoms with Crippen LogP contribution in [0.1, 0.15) is 0 Å². The van der Waals surface area contributed by atoms with Gasteiger partial charge in [-0.2, -0.15) is 0 Å². The number of carbonyl (C=O) groups is 1. The summed E-state index contributed by atoms with van der Waals surface area (Å²) in [4.78, 5) is 16.1. The maximum atomic E-state index is 11.8. The molecule has 2 saturated heterocycles. The highest BCUT2D eigenvalue weighted by Gasteiger charge is 2.27. The first-order valence-electron chi connectivity index (χ1n) is 6.03. The first-order valence-corrected chi connectivity index (χ1v) is 6.03. The molecule has 100 valence electrons. The smallest absolute Gasteiger partial charge is 0.228 e. The molecule has 0 aromatic carbocycles. The Balaban J connectivity index is 0.00000144. The topological polar surface area (TPSA) is 44.8 Å². The lowest BCUT2D eigenvalue weighted by atomic mass is 10.0. The van der Waals surface area contributed by atoms with E-state index in [0.29, 0.717) is 0 Å². The predicted octanol–water partition coefficient (Wildman–Crippen LogP) is -0.582. The zero-order valence-corrected chi connectivity index (χ0v) is 11.2. The third kappa shape index (κ3) is 4.10. The number of amides is 1. The second-order valence-electron chi connectivity index (χ2n) is 4.57. The number of hydrogen-bond acceptors (Lipinski definition) is 4. The van der Waals surface area contributed by atoms with E-state index >= 15 is 0 Å². The number of nitrogens with one attached hydrogen (secondary N) is 1. The van der Waals surface area contributed by atoms with Crippen molar-refractivity contribution in [1.29, 1.82) is 0 Å². The second-order valence-corrected chi connectivity index (χ2v) is 4.57. The van der Waals surface area contributed by atoms with E-state index in [9.17, 15) is 4.79 Å². The highest BCUT2D eigenvalue weighted by atomic mass is 35.5. The Morgan fingerprint density at radius 3 is 2.59 bits per heavy atom. The average molecular weight is 264 g/mol. The molecule has 0 aromatic rings. The summed E-state index contributed by atoms with van der Waals surface area (Å²) in [6.07, 6.45) is 0. The predicted molar refractivity (Wildman–Crippen MR) is 68.5 cm³/mol. The van der Waals surface area contributed by atoms with E-state index in [1.54, 1.807) is 0 Å². The fourth-order valence-corrected chi connectivity index (χ4v) is 2.00. The maximum absolute atomic E-state index is 11.8. The van der Waals surface area contributed by atoms with E-state index in [0.717, 1.165) is 52.5 Å². The van der Waals surface area contributed by atoms with Gasteiger partial charge in [-0.05, 0) is 0 Å². The zero-order valence-electron chi connectivity index (χ0n) is 10.4. The van der Waals surface area contributed by atoms with Crippen molar-refractivity contribution in [2.24, 2.45) is 5.92 Å². The summed E-state index contributed by atoms with van der Waals surface area (Å²) in [7, 11) is 1.90. The van der Waals surface area contributed by atoms with Crippen molar-refractivity contribution < 1.29 is 9.53 Å². The SMILES string of the molecule is CN(CCN1CCOCC1)C(=O)C1CNC1.Cl. The molecule has 2 aliphatic rings. The molecular formula is C11H22ClN3O2. The minimum atomic E-state index is 0. The van der Waals surface area contributed by atoms with Gasteiger partial charge in [-0.25, -0.2) is 0 Å². The van der Waals surface area contributed by atoms with Crippen molar-refractivity contribution in [2.75, 3.05) is 59.5 Å². The Hall–Kier alpha value is -0.360. The average Bonchev–Trinajstić information content (AvgIpc) is 2.25. The van der Waals surface area contributed by atoms with Crippen LogP contribution in [-0.4, -0.2) is 75.2 Å². The lowest BCUT2D eigenvalue weighted by molar-refractivity contribution is -0.136. The molecule has 0 unspecified atom stereocenters. The second kappa shape index (κ2) is 7.16. The summed E-state index contributed by atoms with van der Waals surface area (Å²) >= 11 is 0. The first kappa shape index (κ1) is 14.7. The molecule has 0 saturated carbocycles. The summed E-state index contributed by atoms with van der Waals surface area (Å²) in [5, 5.41) is 3.13. The Labute approximate surface area is 109 Å². The maximum Gasteiger partial charge on any atom is 0.228 e. The normalized spacial score (nSPS) is 21.5. The molecule has 6 heteroatoms. The van der Waals surface area contributed by atoms with Gasteiger partial charge in [0.15, 0.2) is 0 Å². The number of rotatable bonds is 4. The summed E-state index contributed by atoms with van der Waals surface area (Å²) in [5.74, 6) is 0.502. The molecule has 0 bridgehead atoms. The van der Waals surface area contributed by atoms with E-state index in [4.69, 9.17) is 4.74 Å².